The van der Waals surface area contributed by atoms with Gasteiger partial charge in [0, 0.05) is 18.6 Å². The van der Waals surface area contributed by atoms with E-state index in [4.69, 9.17) is 16.3 Å². The van der Waals surface area contributed by atoms with Crippen LogP contribution in [-0.2, 0) is 26.3 Å². The van der Waals surface area contributed by atoms with Gasteiger partial charge in [-0.3, -0.25) is 9.59 Å². The van der Waals surface area contributed by atoms with Crippen molar-refractivity contribution in [2.24, 2.45) is 0 Å². The van der Waals surface area contributed by atoms with Crippen LogP contribution in [0.3, 0.4) is 0 Å². The maximum absolute atomic E-state index is 12.9. The first-order chi connectivity index (χ1) is 13.0. The lowest BCUT2D eigenvalue weighted by atomic mass is 9.79. The average Bonchev–Trinajstić information content (AvgIpc) is 3.18. The number of benzene rings is 2. The number of hydrogen-bond donors (Lipinski definition) is 0. The van der Waals surface area contributed by atoms with E-state index in [1.165, 1.54) is 0 Å². The second-order valence-corrected chi connectivity index (χ2v) is 7.54. The maximum Gasteiger partial charge on any atom is 0.317 e. The first-order valence-electron chi connectivity index (χ1n) is 9.22. The molecule has 1 fully saturated rings. The van der Waals surface area contributed by atoms with E-state index in [0.29, 0.717) is 11.6 Å². The van der Waals surface area contributed by atoms with Crippen LogP contribution in [0.15, 0.2) is 54.6 Å². The van der Waals surface area contributed by atoms with Crippen molar-refractivity contribution in [3.63, 3.8) is 0 Å². The first-order valence-corrected chi connectivity index (χ1v) is 9.60. The largest absolute Gasteiger partial charge is 0.455 e. The minimum Gasteiger partial charge on any atom is -0.455 e. The van der Waals surface area contributed by atoms with Crippen LogP contribution in [0.5, 0.6) is 0 Å². The Hall–Kier alpha value is -2.33. The molecule has 0 atom stereocenters. The minimum atomic E-state index is -0.664. The molecule has 1 aliphatic rings. The molecule has 142 valence electrons. The fourth-order valence-corrected chi connectivity index (χ4v) is 3.81. The van der Waals surface area contributed by atoms with Crippen LogP contribution in [-0.4, -0.2) is 30.4 Å². The van der Waals surface area contributed by atoms with Gasteiger partial charge in [0.15, 0.2) is 6.61 Å². The summed E-state index contributed by atoms with van der Waals surface area (Å²) in [6.45, 7) is 0.247. The topological polar surface area (TPSA) is 46.6 Å². The van der Waals surface area contributed by atoms with E-state index in [2.05, 4.69) is 0 Å². The highest BCUT2D eigenvalue weighted by atomic mass is 35.5. The van der Waals surface area contributed by atoms with E-state index < -0.39 is 5.41 Å². The highest BCUT2D eigenvalue weighted by Gasteiger charge is 2.44. The summed E-state index contributed by atoms with van der Waals surface area (Å²) in [4.78, 5) is 26.9. The van der Waals surface area contributed by atoms with Crippen LogP contribution in [0.25, 0.3) is 0 Å². The summed E-state index contributed by atoms with van der Waals surface area (Å²) in [5, 5.41) is 0.637. The lowest BCUT2D eigenvalue weighted by Crippen LogP contribution is -2.38. The van der Waals surface area contributed by atoms with Crippen LogP contribution >= 0.6 is 11.6 Å². The molecular weight excluding hydrogens is 362 g/mol. The Morgan fingerprint density at radius 3 is 2.30 bits per heavy atom. The third-order valence-corrected chi connectivity index (χ3v) is 5.51. The predicted octanol–water partition coefficient (Wildman–Crippen LogP) is 4.35. The Bertz CT molecular complexity index is 783. The summed E-state index contributed by atoms with van der Waals surface area (Å²) >= 11 is 5.98. The molecule has 0 aromatic heterocycles. The van der Waals surface area contributed by atoms with Gasteiger partial charge in [-0.15, -0.1) is 0 Å². The third kappa shape index (κ3) is 4.51. The summed E-state index contributed by atoms with van der Waals surface area (Å²) < 4.78 is 5.47. The number of carbonyl (C=O) groups excluding carboxylic acids is 2. The van der Waals surface area contributed by atoms with E-state index in [0.717, 1.165) is 36.8 Å². The van der Waals surface area contributed by atoms with Gasteiger partial charge in [0.1, 0.15) is 0 Å². The molecule has 0 radical (unpaired) electrons. The van der Waals surface area contributed by atoms with E-state index in [9.17, 15) is 9.59 Å². The second-order valence-electron chi connectivity index (χ2n) is 7.11. The quantitative estimate of drug-likeness (QED) is 0.694. The standard InChI is InChI=1S/C22H24ClNO3/c1-24(15-17-7-3-2-4-8-17)20(25)16-27-21(26)22(13-5-6-14-22)18-9-11-19(23)12-10-18/h2-4,7-12H,5-6,13-16H2,1H3. The molecule has 4 nitrogen and oxygen atoms in total. The number of carbonyl (C=O) groups is 2. The van der Waals surface area contributed by atoms with Crippen molar-refractivity contribution in [3.05, 3.63) is 70.7 Å². The van der Waals surface area contributed by atoms with Gasteiger partial charge in [0.2, 0.25) is 0 Å². The molecule has 0 aliphatic heterocycles. The fraction of sp³-hybridized carbons (Fsp3) is 0.364. The third-order valence-electron chi connectivity index (χ3n) is 5.26. The zero-order valence-electron chi connectivity index (χ0n) is 15.5. The molecule has 2 aromatic rings. The average molecular weight is 386 g/mol. The molecule has 0 bridgehead atoms. The second kappa shape index (κ2) is 8.57. The van der Waals surface area contributed by atoms with Gasteiger partial charge >= 0.3 is 5.97 Å². The number of amides is 1. The summed E-state index contributed by atoms with van der Waals surface area (Å²) in [5.74, 6) is -0.528. The number of halogens is 1. The monoisotopic (exact) mass is 385 g/mol. The van der Waals surface area contributed by atoms with E-state index in [1.807, 2.05) is 42.5 Å². The minimum absolute atomic E-state index is 0.212. The maximum atomic E-state index is 12.9. The number of ether oxygens (including phenoxy) is 1. The van der Waals surface area contributed by atoms with Gasteiger partial charge in [-0.25, -0.2) is 0 Å². The smallest absolute Gasteiger partial charge is 0.317 e. The molecule has 1 amide bonds. The molecule has 3 rings (SSSR count). The van der Waals surface area contributed by atoms with Gasteiger partial charge in [0.05, 0.1) is 5.41 Å². The number of likely N-dealkylation sites (N-methyl/N-ethyl adjacent to an activating group) is 1. The lowest BCUT2D eigenvalue weighted by Gasteiger charge is -2.27. The zero-order chi connectivity index (χ0) is 19.3. The molecule has 2 aromatic carbocycles. The Morgan fingerprint density at radius 2 is 1.67 bits per heavy atom. The van der Waals surface area contributed by atoms with Crippen molar-refractivity contribution in [2.75, 3.05) is 13.7 Å². The summed E-state index contributed by atoms with van der Waals surface area (Å²) in [6, 6.07) is 17.1. The number of rotatable bonds is 6. The molecule has 1 saturated carbocycles. The summed E-state index contributed by atoms with van der Waals surface area (Å²) in [6.07, 6.45) is 3.42. The van der Waals surface area contributed by atoms with Crippen LogP contribution in [0, 0.1) is 0 Å². The van der Waals surface area contributed by atoms with E-state index in [1.54, 1.807) is 24.1 Å². The fourth-order valence-electron chi connectivity index (χ4n) is 3.68. The normalized spacial score (nSPS) is 15.3. The van der Waals surface area contributed by atoms with Crippen molar-refractivity contribution in [2.45, 2.75) is 37.6 Å². The van der Waals surface area contributed by atoms with Gasteiger partial charge in [-0.1, -0.05) is 66.9 Å². The van der Waals surface area contributed by atoms with Crippen molar-refractivity contribution >= 4 is 23.5 Å². The van der Waals surface area contributed by atoms with Crippen LogP contribution in [0.4, 0.5) is 0 Å². The highest BCUT2D eigenvalue weighted by Crippen LogP contribution is 2.42. The van der Waals surface area contributed by atoms with E-state index in [-0.39, 0.29) is 18.5 Å². The summed E-state index contributed by atoms with van der Waals surface area (Å²) in [7, 11) is 1.72. The molecule has 0 heterocycles. The zero-order valence-corrected chi connectivity index (χ0v) is 16.2. The molecular formula is C22H24ClNO3. The predicted molar refractivity (Wildman–Crippen MR) is 105 cm³/mol. The summed E-state index contributed by atoms with van der Waals surface area (Å²) in [5.41, 5.74) is 1.29. The molecule has 0 unspecified atom stereocenters. The SMILES string of the molecule is CN(Cc1ccccc1)C(=O)COC(=O)C1(c2ccc(Cl)cc2)CCCC1. The van der Waals surface area contributed by atoms with Gasteiger partial charge < -0.3 is 9.64 Å². The molecule has 0 N–H and O–H groups in total. The van der Waals surface area contributed by atoms with Crippen molar-refractivity contribution in [1.29, 1.82) is 0 Å². The van der Waals surface area contributed by atoms with Crippen molar-refractivity contribution in [3.8, 4) is 0 Å². The molecule has 0 saturated heterocycles. The van der Waals surface area contributed by atoms with Crippen LogP contribution < -0.4 is 0 Å². The first kappa shape index (κ1) is 19.4. The number of esters is 1. The van der Waals surface area contributed by atoms with E-state index >= 15 is 0 Å². The molecule has 0 spiro atoms. The van der Waals surface area contributed by atoms with Gasteiger partial charge in [-0.2, -0.15) is 0 Å². The molecule has 5 heteroatoms. The van der Waals surface area contributed by atoms with Crippen molar-refractivity contribution in [1.82, 2.24) is 4.90 Å². The van der Waals surface area contributed by atoms with Crippen LogP contribution in [0.1, 0.15) is 36.8 Å². The molecule has 1 aliphatic carbocycles. The number of nitrogens with zero attached hydrogens (tertiary/aromatic N) is 1. The Labute approximate surface area is 165 Å². The van der Waals surface area contributed by atoms with Crippen molar-refractivity contribution < 1.29 is 14.3 Å². The Balaban J connectivity index is 1.62. The molecule has 27 heavy (non-hydrogen) atoms. The van der Waals surface area contributed by atoms with Crippen LogP contribution in [0.2, 0.25) is 5.02 Å². The van der Waals surface area contributed by atoms with Gasteiger partial charge in [0.25, 0.3) is 5.91 Å². The highest BCUT2D eigenvalue weighted by molar-refractivity contribution is 6.30. The Kier molecular flexibility index (Phi) is 6.17. The number of hydrogen-bond acceptors (Lipinski definition) is 3. The Morgan fingerprint density at radius 1 is 1.04 bits per heavy atom. The lowest BCUT2D eigenvalue weighted by molar-refractivity contribution is -0.156. The van der Waals surface area contributed by atoms with Gasteiger partial charge in [-0.05, 0) is 36.1 Å².